The molecular weight excluding hydrogens is 338 g/mol. The molecule has 1 aliphatic carbocycles. The minimum Gasteiger partial charge on any atom is -0.347 e. The number of pyridine rings is 1. The van der Waals surface area contributed by atoms with E-state index >= 15 is 0 Å². The van der Waals surface area contributed by atoms with Gasteiger partial charge in [-0.25, -0.2) is 13.5 Å². The Bertz CT molecular complexity index is 969. The zero-order valence-electron chi connectivity index (χ0n) is 13.9. The largest absolute Gasteiger partial charge is 0.347 e. The van der Waals surface area contributed by atoms with E-state index in [1.165, 1.54) is 6.07 Å². The number of nitrogens with one attached hydrogen (secondary N) is 1. The average Bonchev–Trinajstić information content (AvgIpc) is 3.25. The summed E-state index contributed by atoms with van der Waals surface area (Å²) in [5, 5.41) is 7.24. The maximum Gasteiger partial charge on any atom is 0.272 e. The summed E-state index contributed by atoms with van der Waals surface area (Å²) in [5.41, 5.74) is 3.45. The van der Waals surface area contributed by atoms with Gasteiger partial charge in [0.25, 0.3) is 5.91 Å². The lowest BCUT2D eigenvalue weighted by Crippen LogP contribution is -2.24. The molecule has 5 nitrogen and oxygen atoms in total. The Morgan fingerprint density at radius 1 is 1.12 bits per heavy atom. The molecule has 0 radical (unpaired) electrons. The fourth-order valence-corrected chi connectivity index (χ4v) is 3.22. The smallest absolute Gasteiger partial charge is 0.272 e. The van der Waals surface area contributed by atoms with E-state index in [1.807, 2.05) is 12.1 Å². The standard InChI is InChI=1S/C19H16F2N4O/c20-15-5-4-13(10-16(15)21)25-17-3-1-2-14(17)18(24-25)19(26)23-11-12-6-8-22-9-7-12/h4-10H,1-3,11H2,(H,23,26). The number of carbonyl (C=O) groups excluding carboxylic acids is 1. The van der Waals surface area contributed by atoms with Crippen LogP contribution in [0.5, 0.6) is 0 Å². The molecule has 0 fully saturated rings. The van der Waals surface area contributed by atoms with Crippen LogP contribution >= 0.6 is 0 Å². The second kappa shape index (κ2) is 6.67. The maximum absolute atomic E-state index is 13.6. The molecule has 1 aliphatic rings. The second-order valence-corrected chi connectivity index (χ2v) is 6.18. The summed E-state index contributed by atoms with van der Waals surface area (Å²) in [7, 11) is 0. The van der Waals surface area contributed by atoms with E-state index < -0.39 is 11.6 Å². The van der Waals surface area contributed by atoms with Crippen LogP contribution in [0.2, 0.25) is 0 Å². The van der Waals surface area contributed by atoms with Gasteiger partial charge in [-0.2, -0.15) is 5.10 Å². The highest BCUT2D eigenvalue weighted by Gasteiger charge is 2.27. The van der Waals surface area contributed by atoms with Crippen LogP contribution in [0.15, 0.2) is 42.7 Å². The minimum atomic E-state index is -0.937. The molecule has 0 aliphatic heterocycles. The van der Waals surface area contributed by atoms with Gasteiger partial charge in [-0.1, -0.05) is 0 Å². The number of rotatable bonds is 4. The number of nitrogens with zero attached hydrogens (tertiary/aromatic N) is 3. The third-order valence-corrected chi connectivity index (χ3v) is 4.50. The van der Waals surface area contributed by atoms with Gasteiger partial charge in [-0.15, -0.1) is 0 Å². The Morgan fingerprint density at radius 3 is 2.69 bits per heavy atom. The van der Waals surface area contributed by atoms with E-state index in [4.69, 9.17) is 0 Å². The van der Waals surface area contributed by atoms with Crippen LogP contribution in [0.3, 0.4) is 0 Å². The Labute approximate surface area is 148 Å². The molecule has 1 N–H and O–H groups in total. The molecule has 0 bridgehead atoms. The highest BCUT2D eigenvalue weighted by molar-refractivity contribution is 5.94. The van der Waals surface area contributed by atoms with Crippen molar-refractivity contribution in [2.45, 2.75) is 25.8 Å². The fraction of sp³-hybridized carbons (Fsp3) is 0.211. The lowest BCUT2D eigenvalue weighted by Gasteiger charge is -2.06. The van der Waals surface area contributed by atoms with Gasteiger partial charge in [0.05, 0.1) is 5.69 Å². The Kier molecular flexibility index (Phi) is 4.20. The van der Waals surface area contributed by atoms with Gasteiger partial charge >= 0.3 is 0 Å². The highest BCUT2D eigenvalue weighted by atomic mass is 19.2. The van der Waals surface area contributed by atoms with E-state index in [2.05, 4.69) is 15.4 Å². The van der Waals surface area contributed by atoms with Crippen molar-refractivity contribution in [2.75, 3.05) is 0 Å². The van der Waals surface area contributed by atoms with E-state index in [9.17, 15) is 13.6 Å². The van der Waals surface area contributed by atoms with E-state index in [-0.39, 0.29) is 5.91 Å². The number of hydrogen-bond donors (Lipinski definition) is 1. The Balaban J connectivity index is 1.63. The quantitative estimate of drug-likeness (QED) is 0.784. The van der Waals surface area contributed by atoms with Gasteiger partial charge in [0.1, 0.15) is 0 Å². The van der Waals surface area contributed by atoms with Crippen LogP contribution in [0.4, 0.5) is 8.78 Å². The minimum absolute atomic E-state index is 0.277. The van der Waals surface area contributed by atoms with Gasteiger partial charge in [-0.3, -0.25) is 9.78 Å². The number of benzene rings is 1. The predicted molar refractivity (Wildman–Crippen MR) is 90.9 cm³/mol. The molecule has 0 unspecified atom stereocenters. The third-order valence-electron chi connectivity index (χ3n) is 4.50. The van der Waals surface area contributed by atoms with Crippen LogP contribution in [-0.4, -0.2) is 20.7 Å². The lowest BCUT2D eigenvalue weighted by molar-refractivity contribution is 0.0944. The molecule has 2 aromatic heterocycles. The van der Waals surface area contributed by atoms with Crippen molar-refractivity contribution in [2.24, 2.45) is 0 Å². The van der Waals surface area contributed by atoms with E-state index in [0.29, 0.717) is 17.9 Å². The molecule has 0 saturated carbocycles. The first kappa shape index (κ1) is 16.4. The Morgan fingerprint density at radius 2 is 1.92 bits per heavy atom. The molecule has 3 aromatic rings. The lowest BCUT2D eigenvalue weighted by atomic mass is 10.2. The first-order chi connectivity index (χ1) is 12.6. The molecule has 4 rings (SSSR count). The van der Waals surface area contributed by atoms with Crippen LogP contribution in [0.1, 0.15) is 33.7 Å². The SMILES string of the molecule is O=C(NCc1ccncc1)c1nn(-c2ccc(F)c(F)c2)c2c1CCC2. The summed E-state index contributed by atoms with van der Waals surface area (Å²) in [6.07, 6.45) is 5.73. The fourth-order valence-electron chi connectivity index (χ4n) is 3.22. The number of halogens is 2. The summed E-state index contributed by atoms with van der Waals surface area (Å²) in [6, 6.07) is 7.27. The molecule has 0 spiro atoms. The average molecular weight is 354 g/mol. The van der Waals surface area contributed by atoms with Crippen molar-refractivity contribution >= 4 is 5.91 Å². The van der Waals surface area contributed by atoms with Gasteiger partial charge < -0.3 is 5.32 Å². The van der Waals surface area contributed by atoms with Gasteiger partial charge in [0, 0.05) is 36.3 Å². The van der Waals surface area contributed by atoms with Crippen molar-refractivity contribution in [3.8, 4) is 5.69 Å². The summed E-state index contributed by atoms with van der Waals surface area (Å²) < 4.78 is 28.3. The molecule has 26 heavy (non-hydrogen) atoms. The predicted octanol–water partition coefficient (Wildman–Crippen LogP) is 2.96. The first-order valence-corrected chi connectivity index (χ1v) is 8.37. The zero-order valence-corrected chi connectivity index (χ0v) is 13.9. The van der Waals surface area contributed by atoms with Crippen molar-refractivity contribution in [3.63, 3.8) is 0 Å². The maximum atomic E-state index is 13.6. The van der Waals surface area contributed by atoms with Gasteiger partial charge in [0.15, 0.2) is 17.3 Å². The van der Waals surface area contributed by atoms with Crippen molar-refractivity contribution in [3.05, 3.63) is 76.9 Å². The second-order valence-electron chi connectivity index (χ2n) is 6.18. The molecule has 1 amide bonds. The van der Waals surface area contributed by atoms with Crippen molar-refractivity contribution in [1.29, 1.82) is 0 Å². The molecule has 0 saturated heterocycles. The number of amides is 1. The Hall–Kier alpha value is -3.09. The molecule has 1 aromatic carbocycles. The van der Waals surface area contributed by atoms with Crippen molar-refractivity contribution in [1.82, 2.24) is 20.1 Å². The molecular formula is C19H16F2N4O. The number of aromatic nitrogens is 3. The molecule has 7 heteroatoms. The van der Waals surface area contributed by atoms with Crippen LogP contribution in [0.25, 0.3) is 5.69 Å². The van der Waals surface area contributed by atoms with Crippen LogP contribution < -0.4 is 5.32 Å². The van der Waals surface area contributed by atoms with Crippen molar-refractivity contribution < 1.29 is 13.6 Å². The first-order valence-electron chi connectivity index (χ1n) is 8.37. The number of hydrogen-bond acceptors (Lipinski definition) is 3. The van der Waals surface area contributed by atoms with E-state index in [0.717, 1.165) is 48.2 Å². The topological polar surface area (TPSA) is 59.8 Å². The molecule has 0 atom stereocenters. The third kappa shape index (κ3) is 2.96. The number of fused-ring (bicyclic) bond motifs is 1. The highest BCUT2D eigenvalue weighted by Crippen LogP contribution is 2.28. The molecule has 132 valence electrons. The van der Waals surface area contributed by atoms with Gasteiger partial charge in [0.2, 0.25) is 0 Å². The summed E-state index contributed by atoms with van der Waals surface area (Å²) >= 11 is 0. The summed E-state index contributed by atoms with van der Waals surface area (Å²) in [6.45, 7) is 0.369. The summed E-state index contributed by atoms with van der Waals surface area (Å²) in [4.78, 5) is 16.5. The zero-order chi connectivity index (χ0) is 18.1. The number of carbonyl (C=O) groups is 1. The molecule has 2 heterocycles. The van der Waals surface area contributed by atoms with Crippen LogP contribution in [0, 0.1) is 11.6 Å². The van der Waals surface area contributed by atoms with E-state index in [1.54, 1.807) is 17.1 Å². The van der Waals surface area contributed by atoms with Gasteiger partial charge in [-0.05, 0) is 49.1 Å². The normalized spacial score (nSPS) is 12.8. The summed E-state index contributed by atoms with van der Waals surface area (Å²) in [5.74, 6) is -2.12. The van der Waals surface area contributed by atoms with Crippen LogP contribution in [-0.2, 0) is 19.4 Å². The monoisotopic (exact) mass is 354 g/mol.